The van der Waals surface area contributed by atoms with Crippen molar-refractivity contribution in [1.82, 2.24) is 20.0 Å². The van der Waals surface area contributed by atoms with Gasteiger partial charge < -0.3 is 20.3 Å². The summed E-state index contributed by atoms with van der Waals surface area (Å²) < 4.78 is 20.8. The van der Waals surface area contributed by atoms with Crippen LogP contribution in [-0.2, 0) is 16.6 Å². The van der Waals surface area contributed by atoms with E-state index in [-0.39, 0.29) is 42.5 Å². The second-order valence-corrected chi connectivity index (χ2v) is 6.48. The van der Waals surface area contributed by atoms with E-state index in [9.17, 15) is 9.18 Å². The minimum Gasteiger partial charge on any atom is -0.370 e. The number of benzene rings is 1. The van der Waals surface area contributed by atoms with Crippen molar-refractivity contribution < 1.29 is 13.9 Å². The van der Waals surface area contributed by atoms with Crippen molar-refractivity contribution in [2.45, 2.75) is 13.0 Å². The molecule has 1 unspecified atom stereocenters. The molecule has 0 bridgehead atoms. The fourth-order valence-electron chi connectivity index (χ4n) is 2.99. The molecule has 0 saturated carbocycles. The molecule has 1 saturated heterocycles. The smallest absolute Gasteiger partial charge is 0.246 e. The second-order valence-electron chi connectivity index (χ2n) is 6.48. The Labute approximate surface area is 186 Å². The van der Waals surface area contributed by atoms with E-state index < -0.39 is 5.82 Å². The van der Waals surface area contributed by atoms with E-state index in [4.69, 9.17) is 4.74 Å². The highest BCUT2D eigenvalue weighted by atomic mass is 127. The van der Waals surface area contributed by atoms with Gasteiger partial charge in [0.15, 0.2) is 5.96 Å². The second kappa shape index (κ2) is 11.1. The highest BCUT2D eigenvalue weighted by Gasteiger charge is 2.25. The summed E-state index contributed by atoms with van der Waals surface area (Å²) >= 11 is 0. The van der Waals surface area contributed by atoms with E-state index in [1.54, 1.807) is 23.0 Å². The first-order valence-corrected chi connectivity index (χ1v) is 9.24. The standard InChI is InChI=1S/C19H25FN6O2.HI/c1-3-21-19(22-11-18(27)24-16-6-4-5-15(20)9-16)26-7-8-28-17(13-26)14-10-23-25(2)12-14;/h4-6,9-10,12,17H,3,7-8,11,13H2,1-2H3,(H,21,22)(H,24,27);1H. The summed E-state index contributed by atoms with van der Waals surface area (Å²) in [6.45, 7) is 4.44. The highest BCUT2D eigenvalue weighted by molar-refractivity contribution is 14.0. The number of morpholine rings is 1. The van der Waals surface area contributed by atoms with Crippen LogP contribution >= 0.6 is 24.0 Å². The number of amides is 1. The summed E-state index contributed by atoms with van der Waals surface area (Å²) in [6, 6.07) is 5.78. The van der Waals surface area contributed by atoms with E-state index in [0.29, 0.717) is 37.9 Å². The number of ether oxygens (including phenoxy) is 1. The first kappa shape index (κ1) is 23.1. The van der Waals surface area contributed by atoms with Crippen molar-refractivity contribution in [3.63, 3.8) is 0 Å². The largest absolute Gasteiger partial charge is 0.370 e. The lowest BCUT2D eigenvalue weighted by atomic mass is 10.1. The van der Waals surface area contributed by atoms with Gasteiger partial charge in [0.1, 0.15) is 18.5 Å². The van der Waals surface area contributed by atoms with E-state index in [0.717, 1.165) is 5.56 Å². The molecule has 1 aromatic carbocycles. The normalized spacial score (nSPS) is 16.9. The lowest BCUT2D eigenvalue weighted by Crippen LogP contribution is -2.48. The number of carbonyl (C=O) groups is 1. The molecule has 1 aromatic heterocycles. The maximum absolute atomic E-state index is 13.2. The number of halogens is 2. The molecule has 2 aromatic rings. The molecule has 0 aliphatic carbocycles. The van der Waals surface area contributed by atoms with Gasteiger partial charge in [-0.2, -0.15) is 5.10 Å². The fraction of sp³-hybridized carbons (Fsp3) is 0.421. The maximum Gasteiger partial charge on any atom is 0.246 e. The first-order valence-electron chi connectivity index (χ1n) is 9.24. The highest BCUT2D eigenvalue weighted by Crippen LogP contribution is 2.21. The Bertz CT molecular complexity index is 844. The van der Waals surface area contributed by atoms with Gasteiger partial charge in [0.05, 0.1) is 19.3 Å². The number of anilines is 1. The Morgan fingerprint density at radius 3 is 2.97 bits per heavy atom. The van der Waals surface area contributed by atoms with E-state index in [2.05, 4.69) is 25.6 Å². The Balaban J connectivity index is 0.00000300. The van der Waals surface area contributed by atoms with Crippen molar-refractivity contribution in [2.24, 2.45) is 12.0 Å². The molecule has 8 nitrogen and oxygen atoms in total. The zero-order valence-electron chi connectivity index (χ0n) is 16.5. The van der Waals surface area contributed by atoms with Crippen LogP contribution in [0.2, 0.25) is 0 Å². The molecule has 0 radical (unpaired) electrons. The van der Waals surface area contributed by atoms with Gasteiger partial charge in [0.2, 0.25) is 5.91 Å². The molecule has 1 fully saturated rings. The molecule has 2 heterocycles. The number of hydrogen-bond donors (Lipinski definition) is 2. The van der Waals surface area contributed by atoms with Gasteiger partial charge in [-0.25, -0.2) is 9.38 Å². The predicted molar refractivity (Wildman–Crippen MR) is 120 cm³/mol. The van der Waals surface area contributed by atoms with Gasteiger partial charge in [0, 0.05) is 37.6 Å². The molecule has 29 heavy (non-hydrogen) atoms. The summed E-state index contributed by atoms with van der Waals surface area (Å²) in [4.78, 5) is 18.7. The van der Waals surface area contributed by atoms with Crippen molar-refractivity contribution in [3.05, 3.63) is 48.0 Å². The van der Waals surface area contributed by atoms with E-state index in [1.807, 2.05) is 20.2 Å². The van der Waals surface area contributed by atoms with Crippen LogP contribution < -0.4 is 10.6 Å². The first-order chi connectivity index (χ1) is 13.5. The van der Waals surface area contributed by atoms with Crippen LogP contribution in [0, 0.1) is 5.82 Å². The van der Waals surface area contributed by atoms with Crippen LogP contribution in [0.15, 0.2) is 41.7 Å². The zero-order chi connectivity index (χ0) is 19.9. The number of aromatic nitrogens is 2. The molecule has 158 valence electrons. The van der Waals surface area contributed by atoms with Crippen LogP contribution in [-0.4, -0.2) is 59.3 Å². The quantitative estimate of drug-likeness (QED) is 0.362. The minimum absolute atomic E-state index is 0. The van der Waals surface area contributed by atoms with Crippen molar-refractivity contribution in [2.75, 3.05) is 38.1 Å². The monoisotopic (exact) mass is 516 g/mol. The SMILES string of the molecule is CCNC(=NCC(=O)Nc1cccc(F)c1)N1CCOC(c2cnn(C)c2)C1.I. The van der Waals surface area contributed by atoms with Crippen LogP contribution in [0.3, 0.4) is 0 Å². The number of nitrogens with one attached hydrogen (secondary N) is 2. The zero-order valence-corrected chi connectivity index (χ0v) is 18.8. The third-order valence-electron chi connectivity index (χ3n) is 4.28. The van der Waals surface area contributed by atoms with Gasteiger partial charge in [-0.1, -0.05) is 6.07 Å². The Kier molecular flexibility index (Phi) is 8.83. The van der Waals surface area contributed by atoms with Gasteiger partial charge in [-0.3, -0.25) is 9.48 Å². The molecular formula is C19H26FIN6O2. The van der Waals surface area contributed by atoms with Crippen LogP contribution in [0.5, 0.6) is 0 Å². The third-order valence-corrected chi connectivity index (χ3v) is 4.28. The Hall–Kier alpha value is -2.21. The van der Waals surface area contributed by atoms with E-state index >= 15 is 0 Å². The topological polar surface area (TPSA) is 83.8 Å². The molecule has 2 N–H and O–H groups in total. The average molecular weight is 516 g/mol. The molecular weight excluding hydrogens is 490 g/mol. The van der Waals surface area contributed by atoms with Gasteiger partial charge in [-0.15, -0.1) is 24.0 Å². The summed E-state index contributed by atoms with van der Waals surface area (Å²) in [7, 11) is 1.87. The number of carbonyl (C=O) groups excluding carboxylic acids is 1. The Morgan fingerprint density at radius 2 is 2.28 bits per heavy atom. The summed E-state index contributed by atoms with van der Waals surface area (Å²) in [5.41, 5.74) is 1.42. The van der Waals surface area contributed by atoms with Crippen LogP contribution in [0.4, 0.5) is 10.1 Å². The number of guanidine groups is 1. The van der Waals surface area contributed by atoms with Crippen LogP contribution in [0.1, 0.15) is 18.6 Å². The van der Waals surface area contributed by atoms with Gasteiger partial charge in [-0.05, 0) is 25.1 Å². The molecule has 10 heteroatoms. The number of nitrogens with zero attached hydrogens (tertiary/aromatic N) is 4. The molecule has 1 amide bonds. The van der Waals surface area contributed by atoms with Gasteiger partial charge >= 0.3 is 0 Å². The lowest BCUT2D eigenvalue weighted by molar-refractivity contribution is -0.114. The van der Waals surface area contributed by atoms with Gasteiger partial charge in [0.25, 0.3) is 0 Å². The maximum atomic E-state index is 13.2. The molecule has 3 rings (SSSR count). The van der Waals surface area contributed by atoms with E-state index in [1.165, 1.54) is 12.1 Å². The predicted octanol–water partition coefficient (Wildman–Crippen LogP) is 2.15. The molecule has 1 aliphatic rings. The molecule has 0 spiro atoms. The van der Waals surface area contributed by atoms with Crippen molar-refractivity contribution >= 4 is 41.5 Å². The van der Waals surface area contributed by atoms with Crippen molar-refractivity contribution in [3.8, 4) is 0 Å². The number of rotatable bonds is 5. The average Bonchev–Trinajstić information content (AvgIpc) is 3.12. The summed E-state index contributed by atoms with van der Waals surface area (Å²) in [6.07, 6.45) is 3.63. The fourth-order valence-corrected chi connectivity index (χ4v) is 2.99. The summed E-state index contributed by atoms with van der Waals surface area (Å²) in [5, 5.41) is 10.1. The van der Waals surface area contributed by atoms with Crippen molar-refractivity contribution in [1.29, 1.82) is 0 Å². The lowest BCUT2D eigenvalue weighted by Gasteiger charge is -2.34. The molecule has 1 aliphatic heterocycles. The summed E-state index contributed by atoms with van der Waals surface area (Å²) in [5.74, 6) is -0.0587. The Morgan fingerprint density at radius 1 is 1.45 bits per heavy atom. The third kappa shape index (κ3) is 6.67. The number of aryl methyl sites for hydroxylation is 1. The number of hydrogen-bond acceptors (Lipinski definition) is 4. The molecule has 1 atom stereocenters. The van der Waals surface area contributed by atoms with Crippen LogP contribution in [0.25, 0.3) is 0 Å². The number of aliphatic imine (C=N–C) groups is 1. The minimum atomic E-state index is -0.399.